The predicted octanol–water partition coefficient (Wildman–Crippen LogP) is 2.79. The average Bonchev–Trinajstić information content (AvgIpc) is 2.03. The molecule has 0 aliphatic carbocycles. The van der Waals surface area contributed by atoms with Gasteiger partial charge in [-0.05, 0) is 13.0 Å². The fourth-order valence-corrected chi connectivity index (χ4v) is 1.14. The molecule has 0 fully saturated rings. The Bertz CT molecular complexity index is 341. The summed E-state index contributed by atoms with van der Waals surface area (Å²) in [6.07, 6.45) is -2.23. The molecule has 0 N–H and O–H groups in total. The number of halogens is 3. The van der Waals surface area contributed by atoms with Gasteiger partial charge in [0.1, 0.15) is 5.15 Å². The van der Waals surface area contributed by atoms with E-state index in [2.05, 4.69) is 4.98 Å². The maximum Gasteiger partial charge on any atom is 0.265 e. The molecule has 1 rings (SSSR count). The fourth-order valence-electron chi connectivity index (χ4n) is 0.911. The summed E-state index contributed by atoms with van der Waals surface area (Å²) in [6, 6.07) is 1.06. The van der Waals surface area contributed by atoms with Crippen LogP contribution in [0.4, 0.5) is 8.78 Å². The van der Waals surface area contributed by atoms with Crippen LogP contribution in [0.5, 0.6) is 0 Å². The largest absolute Gasteiger partial charge is 0.298 e. The molecule has 0 amide bonds. The zero-order chi connectivity index (χ0) is 10.0. The highest BCUT2D eigenvalue weighted by Gasteiger charge is 2.14. The Morgan fingerprint density at radius 2 is 2.23 bits per heavy atom. The van der Waals surface area contributed by atoms with Crippen molar-refractivity contribution in [2.75, 3.05) is 0 Å². The van der Waals surface area contributed by atoms with Crippen LogP contribution in [0, 0.1) is 6.92 Å². The molecule has 0 atom stereocenters. The molecule has 2 nitrogen and oxygen atoms in total. The van der Waals surface area contributed by atoms with E-state index in [-0.39, 0.29) is 22.0 Å². The van der Waals surface area contributed by atoms with Gasteiger partial charge in [0.05, 0.1) is 5.56 Å². The molecule has 1 heterocycles. The van der Waals surface area contributed by atoms with Crippen LogP contribution in [0.2, 0.25) is 5.15 Å². The van der Waals surface area contributed by atoms with Gasteiger partial charge >= 0.3 is 0 Å². The molecule has 0 spiro atoms. The van der Waals surface area contributed by atoms with Crippen LogP contribution < -0.4 is 0 Å². The van der Waals surface area contributed by atoms with E-state index in [1.54, 1.807) is 0 Å². The van der Waals surface area contributed by atoms with Gasteiger partial charge in [-0.15, -0.1) is 0 Å². The van der Waals surface area contributed by atoms with E-state index in [9.17, 15) is 13.6 Å². The van der Waals surface area contributed by atoms with E-state index in [4.69, 9.17) is 11.6 Å². The second-order valence-electron chi connectivity index (χ2n) is 2.46. The zero-order valence-corrected chi connectivity index (χ0v) is 7.48. The lowest BCUT2D eigenvalue weighted by molar-refractivity contribution is 0.112. The molecule has 1 aromatic rings. The van der Waals surface area contributed by atoms with Crippen molar-refractivity contribution < 1.29 is 13.6 Å². The smallest absolute Gasteiger partial charge is 0.265 e. The van der Waals surface area contributed by atoms with Crippen LogP contribution in [0.15, 0.2) is 6.07 Å². The minimum absolute atomic E-state index is 0.0115. The molecular weight excluding hydrogens is 200 g/mol. The summed E-state index contributed by atoms with van der Waals surface area (Å²) >= 11 is 5.52. The second-order valence-corrected chi connectivity index (χ2v) is 2.82. The first kappa shape index (κ1) is 10.1. The van der Waals surface area contributed by atoms with Gasteiger partial charge in [0.15, 0.2) is 6.29 Å². The first-order valence-electron chi connectivity index (χ1n) is 3.46. The maximum absolute atomic E-state index is 12.3. The van der Waals surface area contributed by atoms with Crippen molar-refractivity contribution in [1.29, 1.82) is 0 Å². The summed E-state index contributed by atoms with van der Waals surface area (Å²) in [5.74, 6) is 0. The van der Waals surface area contributed by atoms with Crippen molar-refractivity contribution in [2.24, 2.45) is 0 Å². The van der Waals surface area contributed by atoms with Crippen LogP contribution >= 0.6 is 11.6 Å². The van der Waals surface area contributed by atoms with Crippen LogP contribution in [0.3, 0.4) is 0 Å². The molecule has 5 heteroatoms. The molecule has 0 unspecified atom stereocenters. The molecule has 70 valence electrons. The van der Waals surface area contributed by atoms with Gasteiger partial charge in [0.2, 0.25) is 0 Å². The number of pyridine rings is 1. The number of hydrogen-bond acceptors (Lipinski definition) is 2. The molecule has 0 aliphatic rings. The highest BCUT2D eigenvalue weighted by Crippen LogP contribution is 2.24. The Morgan fingerprint density at radius 1 is 1.62 bits per heavy atom. The molecule has 1 aromatic heterocycles. The van der Waals surface area contributed by atoms with Gasteiger partial charge in [-0.1, -0.05) is 11.6 Å². The highest BCUT2D eigenvalue weighted by molar-refractivity contribution is 6.31. The van der Waals surface area contributed by atoms with Gasteiger partial charge < -0.3 is 0 Å². The normalized spacial score (nSPS) is 10.5. The lowest BCUT2D eigenvalue weighted by Gasteiger charge is -2.05. The van der Waals surface area contributed by atoms with Crippen molar-refractivity contribution in [3.63, 3.8) is 0 Å². The van der Waals surface area contributed by atoms with Crippen molar-refractivity contribution in [1.82, 2.24) is 4.98 Å². The highest BCUT2D eigenvalue weighted by atomic mass is 35.5. The van der Waals surface area contributed by atoms with E-state index < -0.39 is 6.43 Å². The molecule has 0 saturated heterocycles. The lowest BCUT2D eigenvalue weighted by atomic mass is 10.1. The van der Waals surface area contributed by atoms with Crippen LogP contribution in [0.25, 0.3) is 0 Å². The standard InChI is InChI=1S/C8H6ClF2NO/c1-4-6(8(10)11)2-5(3-13)7(9)12-4/h2-3,8H,1H3. The van der Waals surface area contributed by atoms with E-state index in [0.29, 0.717) is 6.29 Å². The van der Waals surface area contributed by atoms with Crippen molar-refractivity contribution in [3.8, 4) is 0 Å². The first-order valence-corrected chi connectivity index (χ1v) is 3.84. The van der Waals surface area contributed by atoms with Crippen molar-refractivity contribution in [2.45, 2.75) is 13.3 Å². The topological polar surface area (TPSA) is 30.0 Å². The number of aryl methyl sites for hydroxylation is 1. The Kier molecular flexibility index (Phi) is 2.93. The van der Waals surface area contributed by atoms with Crippen molar-refractivity contribution >= 4 is 17.9 Å². The Hall–Kier alpha value is -1.03. The lowest BCUT2D eigenvalue weighted by Crippen LogP contribution is -1.97. The Morgan fingerprint density at radius 3 is 2.69 bits per heavy atom. The van der Waals surface area contributed by atoms with Gasteiger partial charge in [0, 0.05) is 11.3 Å². The SMILES string of the molecule is Cc1nc(Cl)c(C=O)cc1C(F)F. The number of hydrogen-bond donors (Lipinski definition) is 0. The summed E-state index contributed by atoms with van der Waals surface area (Å²) in [6.45, 7) is 1.42. The molecule has 0 aromatic carbocycles. The summed E-state index contributed by atoms with van der Waals surface area (Å²) in [5.41, 5.74) is -0.125. The van der Waals surface area contributed by atoms with E-state index in [1.807, 2.05) is 0 Å². The third kappa shape index (κ3) is 2.01. The van der Waals surface area contributed by atoms with E-state index in [0.717, 1.165) is 6.07 Å². The van der Waals surface area contributed by atoms with Gasteiger partial charge in [0.25, 0.3) is 6.43 Å². The number of aromatic nitrogens is 1. The fraction of sp³-hybridized carbons (Fsp3) is 0.250. The summed E-state index contributed by atoms with van der Waals surface area (Å²) in [5, 5.41) is -0.0445. The van der Waals surface area contributed by atoms with E-state index in [1.165, 1.54) is 6.92 Å². The monoisotopic (exact) mass is 205 g/mol. The van der Waals surface area contributed by atoms with Gasteiger partial charge in [-0.2, -0.15) is 0 Å². The molecule has 0 radical (unpaired) electrons. The number of carbonyl (C=O) groups excluding carboxylic acids is 1. The summed E-state index contributed by atoms with van der Waals surface area (Å²) < 4.78 is 24.6. The number of carbonyl (C=O) groups is 1. The first-order chi connectivity index (χ1) is 6.06. The van der Waals surface area contributed by atoms with Crippen LogP contribution in [-0.4, -0.2) is 11.3 Å². The van der Waals surface area contributed by atoms with Crippen LogP contribution in [-0.2, 0) is 0 Å². The Labute approximate surface area is 78.5 Å². The third-order valence-electron chi connectivity index (χ3n) is 1.59. The predicted molar refractivity (Wildman–Crippen MR) is 44.3 cm³/mol. The Balaban J connectivity index is 3.30. The van der Waals surface area contributed by atoms with E-state index >= 15 is 0 Å². The van der Waals surface area contributed by atoms with Crippen molar-refractivity contribution in [3.05, 3.63) is 28.0 Å². The summed E-state index contributed by atoms with van der Waals surface area (Å²) in [7, 11) is 0. The second kappa shape index (κ2) is 3.79. The van der Waals surface area contributed by atoms with Gasteiger partial charge in [-0.3, -0.25) is 4.79 Å². The molecular formula is C8H6ClF2NO. The average molecular weight is 206 g/mol. The minimum atomic E-state index is -2.64. The summed E-state index contributed by atoms with van der Waals surface area (Å²) in [4.78, 5) is 14.0. The number of alkyl halides is 2. The molecule has 0 saturated carbocycles. The number of nitrogens with zero attached hydrogens (tertiary/aromatic N) is 1. The number of aldehydes is 1. The molecule has 13 heavy (non-hydrogen) atoms. The van der Waals surface area contributed by atoms with Gasteiger partial charge in [-0.25, -0.2) is 13.8 Å². The third-order valence-corrected chi connectivity index (χ3v) is 1.90. The quantitative estimate of drug-likeness (QED) is 0.549. The molecule has 0 aliphatic heterocycles. The zero-order valence-electron chi connectivity index (χ0n) is 6.72. The minimum Gasteiger partial charge on any atom is -0.298 e. The van der Waals surface area contributed by atoms with Crippen LogP contribution in [0.1, 0.15) is 28.0 Å². The molecule has 0 bridgehead atoms. The maximum atomic E-state index is 12.3. The number of rotatable bonds is 2.